The minimum Gasteiger partial charge on any atom is -0.268 e. The summed E-state index contributed by atoms with van der Waals surface area (Å²) >= 11 is 2.17. The molecule has 1 atom stereocenters. The lowest BCUT2D eigenvalue weighted by Gasteiger charge is -2.32. The summed E-state index contributed by atoms with van der Waals surface area (Å²) in [5.74, 6) is -0.419. The quantitative estimate of drug-likeness (QED) is 0.505. The van der Waals surface area contributed by atoms with Gasteiger partial charge >= 0.3 is 0 Å². The highest BCUT2D eigenvalue weighted by Crippen LogP contribution is 2.28. The first-order valence-electron chi connectivity index (χ1n) is 8.24. The molecule has 1 aliphatic heterocycles. The first-order chi connectivity index (χ1) is 11.9. The van der Waals surface area contributed by atoms with Crippen molar-refractivity contribution in [2.45, 2.75) is 37.1 Å². The number of fused-ring (bicyclic) bond motifs is 1. The number of nitrogens with zero attached hydrogens (tertiary/aromatic N) is 1. The maximum Gasteiger partial charge on any atom is 0.268 e. The number of hydrogen-bond acceptors (Lipinski definition) is 3. The van der Waals surface area contributed by atoms with E-state index in [1.54, 1.807) is 36.4 Å². The molecule has 2 aromatic carbocycles. The van der Waals surface area contributed by atoms with Crippen molar-refractivity contribution in [2.75, 3.05) is 4.43 Å². The average Bonchev–Trinajstić information content (AvgIpc) is 2.59. The Morgan fingerprint density at radius 3 is 2.48 bits per heavy atom. The Bertz CT molecular complexity index is 878. The first kappa shape index (κ1) is 18.4. The van der Waals surface area contributed by atoms with E-state index < -0.39 is 15.9 Å². The highest BCUT2D eigenvalue weighted by Gasteiger charge is 2.37. The van der Waals surface area contributed by atoms with E-state index in [0.717, 1.165) is 28.3 Å². The molecule has 4 nitrogen and oxygen atoms in total. The van der Waals surface area contributed by atoms with Gasteiger partial charge in [-0.1, -0.05) is 58.5 Å². The number of carbonyl (C=O) groups is 1. The van der Waals surface area contributed by atoms with E-state index in [1.807, 2.05) is 19.1 Å². The third kappa shape index (κ3) is 3.60. The Hall–Kier alpha value is -1.41. The van der Waals surface area contributed by atoms with Gasteiger partial charge in [-0.25, -0.2) is 12.7 Å². The second-order valence-corrected chi connectivity index (χ2v) is 8.97. The van der Waals surface area contributed by atoms with Crippen molar-refractivity contribution in [1.82, 2.24) is 4.31 Å². The van der Waals surface area contributed by atoms with E-state index in [2.05, 4.69) is 22.6 Å². The highest BCUT2D eigenvalue weighted by atomic mass is 127. The van der Waals surface area contributed by atoms with Gasteiger partial charge in [0.15, 0.2) is 0 Å². The molecule has 0 fully saturated rings. The Balaban J connectivity index is 2.13. The molecule has 1 heterocycles. The lowest BCUT2D eigenvalue weighted by atomic mass is 9.97. The van der Waals surface area contributed by atoms with E-state index in [4.69, 9.17) is 0 Å². The minimum absolute atomic E-state index is 0.166. The molecule has 1 amide bonds. The summed E-state index contributed by atoms with van der Waals surface area (Å²) in [6.07, 6.45) is 2.33. The van der Waals surface area contributed by atoms with Crippen LogP contribution < -0.4 is 0 Å². The lowest BCUT2D eigenvalue weighted by molar-refractivity contribution is 0.0821. The molecule has 0 saturated carbocycles. The maximum atomic E-state index is 13.3. The van der Waals surface area contributed by atoms with Crippen LogP contribution in [0.4, 0.5) is 0 Å². The van der Waals surface area contributed by atoms with Gasteiger partial charge in [0.1, 0.15) is 0 Å². The average molecular weight is 469 g/mol. The smallest absolute Gasteiger partial charge is 0.268 e. The fourth-order valence-electron chi connectivity index (χ4n) is 3.15. The lowest BCUT2D eigenvalue weighted by Crippen LogP contribution is -2.46. The van der Waals surface area contributed by atoms with E-state index in [1.165, 1.54) is 0 Å². The fraction of sp³-hybridized carbons (Fsp3) is 0.316. The third-order valence-corrected chi connectivity index (χ3v) is 7.39. The molecule has 0 bridgehead atoms. The molecule has 25 heavy (non-hydrogen) atoms. The van der Waals surface area contributed by atoms with Gasteiger partial charge in [0.05, 0.1) is 10.9 Å². The van der Waals surface area contributed by atoms with Crippen LogP contribution >= 0.6 is 22.6 Å². The molecule has 2 aromatic rings. The Labute approximate surface area is 162 Å². The van der Waals surface area contributed by atoms with Gasteiger partial charge in [0.25, 0.3) is 15.9 Å². The number of alkyl halides is 1. The molecule has 0 radical (unpaired) electrons. The van der Waals surface area contributed by atoms with Crippen LogP contribution in [0.1, 0.15) is 34.3 Å². The van der Waals surface area contributed by atoms with Gasteiger partial charge in [-0.2, -0.15) is 0 Å². The van der Waals surface area contributed by atoms with Crippen LogP contribution in [-0.2, 0) is 16.4 Å². The normalized spacial score (nSPS) is 18.4. The number of aryl methyl sites for hydroxylation is 2. The van der Waals surface area contributed by atoms with Crippen LogP contribution in [0.5, 0.6) is 0 Å². The van der Waals surface area contributed by atoms with Crippen LogP contribution in [0.25, 0.3) is 0 Å². The summed E-state index contributed by atoms with van der Waals surface area (Å²) in [6, 6.07) is 13.7. The molecular weight excluding hydrogens is 449 g/mol. The number of hydrogen-bond donors (Lipinski definition) is 0. The van der Waals surface area contributed by atoms with Crippen molar-refractivity contribution >= 4 is 38.5 Å². The Morgan fingerprint density at radius 2 is 1.80 bits per heavy atom. The molecular formula is C19H20INO3S. The topological polar surface area (TPSA) is 54.5 Å². The van der Waals surface area contributed by atoms with Crippen molar-refractivity contribution in [1.29, 1.82) is 0 Å². The van der Waals surface area contributed by atoms with E-state index in [9.17, 15) is 13.2 Å². The summed E-state index contributed by atoms with van der Waals surface area (Å²) in [7, 11) is -3.89. The number of carbonyl (C=O) groups excluding carboxylic acids is 1. The van der Waals surface area contributed by atoms with Gasteiger partial charge in [-0.05, 0) is 49.9 Å². The standard InChI is InChI=1S/C19H20INO3S/c1-14-9-11-17(12-10-14)25(23,24)21-16(13-20)7-4-6-15-5-2-3-8-18(15)19(21)22/h2-3,5,8-12,16H,4,6-7,13H2,1H3. The zero-order chi connectivity index (χ0) is 18.0. The SMILES string of the molecule is Cc1ccc(S(=O)(=O)N2C(=O)c3ccccc3CCCC2CI)cc1. The predicted octanol–water partition coefficient (Wildman–Crippen LogP) is 3.97. The number of sulfonamides is 1. The van der Waals surface area contributed by atoms with Crippen LogP contribution in [-0.4, -0.2) is 29.1 Å². The van der Waals surface area contributed by atoms with Gasteiger partial charge in [0.2, 0.25) is 0 Å². The van der Waals surface area contributed by atoms with E-state index in [-0.39, 0.29) is 10.9 Å². The molecule has 1 unspecified atom stereocenters. The summed E-state index contributed by atoms with van der Waals surface area (Å²) in [4.78, 5) is 13.4. The molecule has 0 aromatic heterocycles. The molecule has 3 rings (SSSR count). The summed E-state index contributed by atoms with van der Waals surface area (Å²) in [5.41, 5.74) is 2.39. The van der Waals surface area contributed by atoms with E-state index >= 15 is 0 Å². The van der Waals surface area contributed by atoms with Crippen molar-refractivity contribution in [2.24, 2.45) is 0 Å². The fourth-order valence-corrected chi connectivity index (χ4v) is 5.84. The zero-order valence-electron chi connectivity index (χ0n) is 14.0. The van der Waals surface area contributed by atoms with Crippen LogP contribution in [0.2, 0.25) is 0 Å². The molecule has 0 saturated heterocycles. The Morgan fingerprint density at radius 1 is 1.12 bits per heavy atom. The second-order valence-electron chi connectivity index (χ2n) is 6.28. The van der Waals surface area contributed by atoms with Gasteiger partial charge in [0, 0.05) is 9.99 Å². The molecule has 132 valence electrons. The van der Waals surface area contributed by atoms with Crippen LogP contribution in [0.3, 0.4) is 0 Å². The van der Waals surface area contributed by atoms with Crippen molar-refractivity contribution < 1.29 is 13.2 Å². The summed E-state index contributed by atoms with van der Waals surface area (Å²) in [6.45, 7) is 1.90. The largest absolute Gasteiger partial charge is 0.268 e. The monoisotopic (exact) mass is 469 g/mol. The van der Waals surface area contributed by atoms with Crippen molar-refractivity contribution in [3.05, 3.63) is 65.2 Å². The number of amides is 1. The first-order valence-corrected chi connectivity index (χ1v) is 11.2. The zero-order valence-corrected chi connectivity index (χ0v) is 17.0. The number of rotatable bonds is 3. The van der Waals surface area contributed by atoms with Crippen LogP contribution in [0, 0.1) is 6.92 Å². The van der Waals surface area contributed by atoms with Gasteiger partial charge in [-0.3, -0.25) is 4.79 Å². The molecule has 1 aliphatic rings. The van der Waals surface area contributed by atoms with E-state index in [0.29, 0.717) is 16.4 Å². The Kier molecular flexibility index (Phi) is 5.48. The second kappa shape index (κ2) is 7.45. The summed E-state index contributed by atoms with van der Waals surface area (Å²) in [5, 5.41) is 0. The minimum atomic E-state index is -3.89. The third-order valence-electron chi connectivity index (χ3n) is 4.52. The van der Waals surface area contributed by atoms with Crippen molar-refractivity contribution in [3.63, 3.8) is 0 Å². The maximum absolute atomic E-state index is 13.3. The number of halogens is 1. The van der Waals surface area contributed by atoms with Gasteiger partial charge in [-0.15, -0.1) is 0 Å². The summed E-state index contributed by atoms with van der Waals surface area (Å²) < 4.78 is 28.2. The molecule has 0 spiro atoms. The van der Waals surface area contributed by atoms with Gasteiger partial charge < -0.3 is 0 Å². The van der Waals surface area contributed by atoms with Crippen LogP contribution in [0.15, 0.2) is 53.4 Å². The predicted molar refractivity (Wildman–Crippen MR) is 107 cm³/mol. The van der Waals surface area contributed by atoms with Crippen molar-refractivity contribution in [3.8, 4) is 0 Å². The molecule has 0 aliphatic carbocycles. The molecule has 0 N–H and O–H groups in total. The highest BCUT2D eigenvalue weighted by molar-refractivity contribution is 14.1. The molecule has 6 heteroatoms. The number of benzene rings is 2.